The first-order valence-corrected chi connectivity index (χ1v) is 19.8. The molecule has 3 aromatic heterocycles. The van der Waals surface area contributed by atoms with Crippen molar-refractivity contribution in [1.29, 1.82) is 0 Å². The summed E-state index contributed by atoms with van der Waals surface area (Å²) in [5, 5.41) is 7.57. The van der Waals surface area contributed by atoms with Crippen molar-refractivity contribution in [2.75, 3.05) is 0 Å². The monoisotopic (exact) mass is 722 g/mol. The second-order valence-corrected chi connectivity index (χ2v) is 15.9. The molecule has 0 N–H and O–H groups in total. The van der Waals surface area contributed by atoms with E-state index in [1.54, 1.807) is 0 Å². The van der Waals surface area contributed by atoms with Crippen LogP contribution >= 0.6 is 22.7 Å². The Kier molecular flexibility index (Phi) is 7.25. The lowest BCUT2D eigenvalue weighted by Crippen LogP contribution is -1.97. The first-order valence-electron chi connectivity index (χ1n) is 18.1. The number of benzene rings is 8. The maximum Gasteiger partial charge on any atom is 0.160 e. The standard InChI is InChI=1S/C50H30N2S2/c1-2-13-32(14-3-1)50-51-42(34-25-24-31-12-4-5-15-33(31)26-34)30-43(52-50)37-28-35(38-18-10-22-46-48(38)40-16-6-8-20-44(40)53-46)27-36(29-37)39-19-11-23-47-49(39)41-17-7-9-21-45(41)54-47/h1-30H. The van der Waals surface area contributed by atoms with Crippen LogP contribution in [0.3, 0.4) is 0 Å². The predicted molar refractivity (Wildman–Crippen MR) is 232 cm³/mol. The molecule has 2 nitrogen and oxygen atoms in total. The molecule has 11 rings (SSSR count). The Morgan fingerprint density at radius 1 is 0.315 bits per heavy atom. The Morgan fingerprint density at radius 2 is 0.833 bits per heavy atom. The van der Waals surface area contributed by atoms with E-state index in [0.29, 0.717) is 5.82 Å². The first kappa shape index (κ1) is 31.1. The molecule has 0 unspecified atom stereocenters. The summed E-state index contributed by atoms with van der Waals surface area (Å²) in [7, 11) is 0. The lowest BCUT2D eigenvalue weighted by Gasteiger charge is -2.15. The largest absolute Gasteiger partial charge is 0.228 e. The van der Waals surface area contributed by atoms with Crippen LogP contribution in [-0.4, -0.2) is 9.97 Å². The third-order valence-electron chi connectivity index (χ3n) is 10.5. The van der Waals surface area contributed by atoms with Crippen molar-refractivity contribution in [3.05, 3.63) is 182 Å². The quantitative estimate of drug-likeness (QED) is 0.177. The molecule has 0 spiro atoms. The van der Waals surface area contributed by atoms with Gasteiger partial charge in [-0.2, -0.15) is 0 Å². The fraction of sp³-hybridized carbons (Fsp3) is 0. The smallest absolute Gasteiger partial charge is 0.160 e. The Hall–Kier alpha value is -6.46. The Labute approximate surface area is 320 Å². The van der Waals surface area contributed by atoms with Crippen LogP contribution < -0.4 is 0 Å². The number of thiophene rings is 2. The van der Waals surface area contributed by atoms with E-state index >= 15 is 0 Å². The number of hydrogen-bond donors (Lipinski definition) is 0. The fourth-order valence-electron chi connectivity index (χ4n) is 7.92. The number of rotatable bonds is 5. The molecule has 0 atom stereocenters. The lowest BCUT2D eigenvalue weighted by atomic mass is 9.91. The van der Waals surface area contributed by atoms with Crippen LogP contribution in [0, 0.1) is 0 Å². The van der Waals surface area contributed by atoms with Crippen LogP contribution in [0.2, 0.25) is 0 Å². The van der Waals surface area contributed by atoms with Crippen molar-refractivity contribution in [3.63, 3.8) is 0 Å². The summed E-state index contributed by atoms with van der Waals surface area (Å²) in [6.45, 7) is 0. The lowest BCUT2D eigenvalue weighted by molar-refractivity contribution is 1.18. The van der Waals surface area contributed by atoms with E-state index in [-0.39, 0.29) is 0 Å². The van der Waals surface area contributed by atoms with Crippen molar-refractivity contribution < 1.29 is 0 Å². The highest BCUT2D eigenvalue weighted by Crippen LogP contribution is 2.45. The highest BCUT2D eigenvalue weighted by atomic mass is 32.1. The van der Waals surface area contributed by atoms with Crippen molar-refractivity contribution >= 4 is 73.8 Å². The minimum atomic E-state index is 0.708. The average Bonchev–Trinajstić information content (AvgIpc) is 3.82. The molecule has 0 saturated heterocycles. The summed E-state index contributed by atoms with van der Waals surface area (Å²) >= 11 is 3.71. The SMILES string of the molecule is c1ccc(-c2nc(-c3cc(-c4cccc5sc6ccccc6c45)cc(-c4cccc5sc6ccccc6c45)c3)cc(-c3ccc4ccccc4c3)n2)cc1. The van der Waals surface area contributed by atoms with E-state index in [2.05, 4.69) is 176 Å². The molecule has 0 aliphatic rings. The summed E-state index contributed by atoms with van der Waals surface area (Å²) < 4.78 is 5.18. The second kappa shape index (κ2) is 12.6. The van der Waals surface area contributed by atoms with Crippen LogP contribution in [0.1, 0.15) is 0 Å². The van der Waals surface area contributed by atoms with Crippen LogP contribution in [0.4, 0.5) is 0 Å². The normalized spacial score (nSPS) is 11.7. The van der Waals surface area contributed by atoms with E-state index in [4.69, 9.17) is 9.97 Å². The number of aromatic nitrogens is 2. The average molecular weight is 723 g/mol. The van der Waals surface area contributed by atoms with Gasteiger partial charge < -0.3 is 0 Å². The number of nitrogens with zero attached hydrogens (tertiary/aromatic N) is 2. The van der Waals surface area contributed by atoms with Gasteiger partial charge in [-0.1, -0.05) is 127 Å². The summed E-state index contributed by atoms with van der Waals surface area (Å²) in [6.07, 6.45) is 0. The van der Waals surface area contributed by atoms with Crippen molar-refractivity contribution in [2.45, 2.75) is 0 Å². The molecule has 252 valence electrons. The zero-order valence-corrected chi connectivity index (χ0v) is 30.7. The molecule has 11 aromatic rings. The first-order chi connectivity index (χ1) is 26.7. The van der Waals surface area contributed by atoms with E-state index in [1.807, 2.05) is 28.7 Å². The summed E-state index contributed by atoms with van der Waals surface area (Å²) in [5.74, 6) is 0.708. The molecule has 4 heteroatoms. The Bertz CT molecular complexity index is 3100. The Morgan fingerprint density at radius 3 is 1.48 bits per heavy atom. The van der Waals surface area contributed by atoms with Gasteiger partial charge in [0.2, 0.25) is 0 Å². The van der Waals surface area contributed by atoms with Crippen molar-refractivity contribution in [3.8, 4) is 56.2 Å². The van der Waals surface area contributed by atoms with Crippen molar-refractivity contribution in [1.82, 2.24) is 9.97 Å². The molecule has 3 heterocycles. The number of fused-ring (bicyclic) bond motifs is 7. The van der Waals surface area contributed by atoms with E-state index in [0.717, 1.165) is 28.1 Å². The third kappa shape index (κ3) is 5.22. The van der Waals surface area contributed by atoms with E-state index < -0.39 is 0 Å². The third-order valence-corrected chi connectivity index (χ3v) is 12.7. The van der Waals surface area contributed by atoms with E-state index in [1.165, 1.54) is 73.4 Å². The molecule has 54 heavy (non-hydrogen) atoms. The molecule has 0 radical (unpaired) electrons. The molecule has 0 aliphatic carbocycles. The molecule has 0 amide bonds. The highest BCUT2D eigenvalue weighted by molar-refractivity contribution is 7.26. The number of hydrogen-bond acceptors (Lipinski definition) is 4. The highest BCUT2D eigenvalue weighted by Gasteiger charge is 2.18. The molecule has 0 bridgehead atoms. The van der Waals surface area contributed by atoms with Gasteiger partial charge in [-0.15, -0.1) is 22.7 Å². The fourth-order valence-corrected chi connectivity index (χ4v) is 10.2. The van der Waals surface area contributed by atoms with Crippen LogP contribution in [0.25, 0.3) is 107 Å². The molecule has 0 fully saturated rings. The molecule has 8 aromatic carbocycles. The second-order valence-electron chi connectivity index (χ2n) is 13.7. The van der Waals surface area contributed by atoms with E-state index in [9.17, 15) is 0 Å². The minimum Gasteiger partial charge on any atom is -0.228 e. The summed E-state index contributed by atoms with van der Waals surface area (Å²) in [4.78, 5) is 10.5. The molecular weight excluding hydrogens is 693 g/mol. The van der Waals surface area contributed by atoms with Gasteiger partial charge in [-0.05, 0) is 87.6 Å². The Balaban J connectivity index is 1.20. The zero-order valence-electron chi connectivity index (χ0n) is 29.0. The maximum atomic E-state index is 5.33. The minimum absolute atomic E-state index is 0.708. The van der Waals surface area contributed by atoms with Gasteiger partial charge in [-0.25, -0.2) is 9.97 Å². The van der Waals surface area contributed by atoms with Gasteiger partial charge in [0.15, 0.2) is 5.82 Å². The van der Waals surface area contributed by atoms with Gasteiger partial charge >= 0.3 is 0 Å². The van der Waals surface area contributed by atoms with Gasteiger partial charge in [0.1, 0.15) is 0 Å². The van der Waals surface area contributed by atoms with Gasteiger partial charge in [0.25, 0.3) is 0 Å². The maximum absolute atomic E-state index is 5.33. The zero-order chi connectivity index (χ0) is 35.6. The summed E-state index contributed by atoms with van der Waals surface area (Å²) in [5.41, 5.74) is 9.67. The van der Waals surface area contributed by atoms with Gasteiger partial charge in [0, 0.05) is 57.0 Å². The predicted octanol–water partition coefficient (Wildman–Crippen LogP) is 14.7. The topological polar surface area (TPSA) is 25.8 Å². The molecular formula is C50H30N2S2. The van der Waals surface area contributed by atoms with Crippen molar-refractivity contribution in [2.24, 2.45) is 0 Å². The van der Waals surface area contributed by atoms with Gasteiger partial charge in [-0.3, -0.25) is 0 Å². The van der Waals surface area contributed by atoms with Gasteiger partial charge in [0.05, 0.1) is 11.4 Å². The van der Waals surface area contributed by atoms with Crippen LogP contribution in [0.15, 0.2) is 182 Å². The van der Waals surface area contributed by atoms with Crippen LogP contribution in [0.5, 0.6) is 0 Å². The molecule has 0 aliphatic heterocycles. The van der Waals surface area contributed by atoms with Crippen LogP contribution in [-0.2, 0) is 0 Å². The summed E-state index contributed by atoms with van der Waals surface area (Å²) in [6, 6.07) is 65.6. The molecule has 0 saturated carbocycles.